The van der Waals surface area contributed by atoms with Gasteiger partial charge in [0.1, 0.15) is 0 Å². The van der Waals surface area contributed by atoms with Crippen LogP contribution in [0, 0.1) is 0 Å². The summed E-state index contributed by atoms with van der Waals surface area (Å²) in [5.74, 6) is 0. The Labute approximate surface area is 56.1 Å². The molecule has 0 aliphatic rings. The van der Waals surface area contributed by atoms with Crippen molar-refractivity contribution in [3.63, 3.8) is 0 Å². The van der Waals surface area contributed by atoms with Crippen LogP contribution in [0.1, 0.15) is 12.8 Å². The normalized spacial score (nSPS) is 9.56. The summed E-state index contributed by atoms with van der Waals surface area (Å²) < 4.78 is 4.82. The molecule has 1 N–H and O–H groups in total. The topological polar surface area (TPSA) is 29.5 Å². The highest BCUT2D eigenvalue weighted by Crippen LogP contribution is 2.01. The third kappa shape index (κ3) is 5.53. The molecule has 9 heavy (non-hydrogen) atoms. The van der Waals surface area contributed by atoms with Crippen molar-refractivity contribution >= 4 is 0 Å². The smallest absolute Gasteiger partial charge is 0.0499 e. The molecule has 0 bridgehead atoms. The second kappa shape index (κ2) is 5.79. The highest BCUT2D eigenvalue weighted by atomic mass is 16.5. The Hall–Kier alpha value is -0.340. The molecule has 0 aliphatic carbocycles. The van der Waals surface area contributed by atoms with Crippen LogP contribution in [0.5, 0.6) is 0 Å². The van der Waals surface area contributed by atoms with Crippen LogP contribution in [-0.2, 0) is 4.74 Å². The van der Waals surface area contributed by atoms with Crippen LogP contribution in [0.2, 0.25) is 0 Å². The lowest BCUT2D eigenvalue weighted by molar-refractivity contribution is 0.200. The third-order valence-corrected chi connectivity index (χ3v) is 1.13. The molecular formula is C7H14O2. The lowest BCUT2D eigenvalue weighted by atomic mass is 10.2. The van der Waals surface area contributed by atoms with Crippen LogP contribution < -0.4 is 0 Å². The summed E-state index contributed by atoms with van der Waals surface area (Å²) in [4.78, 5) is 0. The molecule has 0 aliphatic heterocycles. The summed E-state index contributed by atoms with van der Waals surface area (Å²) >= 11 is 0. The average molecular weight is 130 g/mol. The van der Waals surface area contributed by atoms with E-state index in [0.29, 0.717) is 13.0 Å². The fourth-order valence-electron chi connectivity index (χ4n) is 0.530. The van der Waals surface area contributed by atoms with E-state index in [2.05, 4.69) is 6.58 Å². The molecule has 0 fully saturated rings. The highest BCUT2D eigenvalue weighted by molar-refractivity contribution is 4.93. The zero-order valence-electron chi connectivity index (χ0n) is 5.89. The van der Waals surface area contributed by atoms with Gasteiger partial charge in [-0.3, -0.25) is 0 Å². The van der Waals surface area contributed by atoms with Gasteiger partial charge in [0.05, 0.1) is 0 Å². The van der Waals surface area contributed by atoms with Crippen LogP contribution in [0.15, 0.2) is 12.2 Å². The molecule has 0 atom stereocenters. The zero-order valence-corrected chi connectivity index (χ0v) is 5.89. The molecule has 54 valence electrons. The van der Waals surface area contributed by atoms with E-state index < -0.39 is 0 Å². The van der Waals surface area contributed by atoms with Crippen molar-refractivity contribution in [1.29, 1.82) is 0 Å². The quantitative estimate of drug-likeness (QED) is 0.562. The van der Waals surface area contributed by atoms with Gasteiger partial charge in [0.25, 0.3) is 0 Å². The van der Waals surface area contributed by atoms with Crippen molar-refractivity contribution in [2.24, 2.45) is 0 Å². The Kier molecular flexibility index (Phi) is 5.57. The summed E-state index contributed by atoms with van der Waals surface area (Å²) in [5, 5.41) is 8.43. The van der Waals surface area contributed by atoms with Crippen molar-refractivity contribution < 1.29 is 9.84 Å². The van der Waals surface area contributed by atoms with Gasteiger partial charge in [-0.05, 0) is 12.8 Å². The van der Waals surface area contributed by atoms with Gasteiger partial charge in [-0.15, -0.1) is 0 Å². The first kappa shape index (κ1) is 8.66. The van der Waals surface area contributed by atoms with E-state index in [1.807, 2.05) is 0 Å². The molecule has 2 nitrogen and oxygen atoms in total. The molecular weight excluding hydrogens is 116 g/mol. The van der Waals surface area contributed by atoms with Crippen molar-refractivity contribution in [2.75, 3.05) is 20.3 Å². The first-order valence-corrected chi connectivity index (χ1v) is 3.07. The zero-order chi connectivity index (χ0) is 7.11. The summed E-state index contributed by atoms with van der Waals surface area (Å²) in [6, 6.07) is 0. The lowest BCUT2D eigenvalue weighted by Crippen LogP contribution is -1.93. The van der Waals surface area contributed by atoms with E-state index in [0.717, 1.165) is 12.0 Å². The number of hydrogen-bond donors (Lipinski definition) is 1. The first-order valence-electron chi connectivity index (χ1n) is 3.07. The Morgan fingerprint density at radius 1 is 1.56 bits per heavy atom. The van der Waals surface area contributed by atoms with Crippen LogP contribution >= 0.6 is 0 Å². The van der Waals surface area contributed by atoms with E-state index in [-0.39, 0.29) is 6.61 Å². The summed E-state index contributed by atoms with van der Waals surface area (Å²) in [6.07, 6.45) is 1.56. The van der Waals surface area contributed by atoms with Crippen molar-refractivity contribution in [3.05, 3.63) is 12.2 Å². The van der Waals surface area contributed by atoms with Gasteiger partial charge >= 0.3 is 0 Å². The van der Waals surface area contributed by atoms with Crippen LogP contribution in [-0.4, -0.2) is 25.4 Å². The Morgan fingerprint density at radius 2 is 2.22 bits per heavy atom. The molecule has 0 aromatic heterocycles. The second-order valence-electron chi connectivity index (χ2n) is 1.97. The van der Waals surface area contributed by atoms with E-state index in [4.69, 9.17) is 9.84 Å². The van der Waals surface area contributed by atoms with Gasteiger partial charge in [0.15, 0.2) is 0 Å². The van der Waals surface area contributed by atoms with Gasteiger partial charge in [-0.1, -0.05) is 12.2 Å². The number of hydrogen-bond acceptors (Lipinski definition) is 2. The lowest BCUT2D eigenvalue weighted by Gasteiger charge is -2.00. The SMILES string of the molecule is C=C(CCO)CCOC. The Balaban J connectivity index is 3.06. The van der Waals surface area contributed by atoms with Gasteiger partial charge in [0.2, 0.25) is 0 Å². The predicted octanol–water partition coefficient (Wildman–Crippen LogP) is 0.962. The number of methoxy groups -OCH3 is 1. The number of rotatable bonds is 5. The van der Waals surface area contributed by atoms with Crippen molar-refractivity contribution in [1.82, 2.24) is 0 Å². The van der Waals surface area contributed by atoms with E-state index in [1.54, 1.807) is 7.11 Å². The van der Waals surface area contributed by atoms with Gasteiger partial charge in [-0.25, -0.2) is 0 Å². The Morgan fingerprint density at radius 3 is 2.67 bits per heavy atom. The first-order chi connectivity index (χ1) is 4.31. The van der Waals surface area contributed by atoms with Gasteiger partial charge in [-0.2, -0.15) is 0 Å². The van der Waals surface area contributed by atoms with Crippen LogP contribution in [0.25, 0.3) is 0 Å². The monoisotopic (exact) mass is 130 g/mol. The van der Waals surface area contributed by atoms with E-state index in [9.17, 15) is 0 Å². The van der Waals surface area contributed by atoms with Crippen LogP contribution in [0.4, 0.5) is 0 Å². The molecule has 0 heterocycles. The summed E-state index contributed by atoms with van der Waals surface area (Å²) in [6.45, 7) is 4.65. The van der Waals surface area contributed by atoms with Gasteiger partial charge in [0, 0.05) is 20.3 Å². The van der Waals surface area contributed by atoms with Crippen molar-refractivity contribution in [2.45, 2.75) is 12.8 Å². The molecule has 0 aromatic rings. The maximum atomic E-state index is 8.43. The van der Waals surface area contributed by atoms with Gasteiger partial charge < -0.3 is 9.84 Å². The Bertz CT molecular complexity index is 79.0. The molecule has 0 radical (unpaired) electrons. The van der Waals surface area contributed by atoms with Crippen LogP contribution in [0.3, 0.4) is 0 Å². The maximum absolute atomic E-state index is 8.43. The minimum atomic E-state index is 0.197. The molecule has 0 saturated carbocycles. The predicted molar refractivity (Wildman–Crippen MR) is 37.3 cm³/mol. The fourth-order valence-corrected chi connectivity index (χ4v) is 0.530. The number of aliphatic hydroxyl groups excluding tert-OH is 1. The minimum absolute atomic E-state index is 0.197. The summed E-state index contributed by atoms with van der Waals surface area (Å²) in [5.41, 5.74) is 1.05. The van der Waals surface area contributed by atoms with E-state index in [1.165, 1.54) is 0 Å². The third-order valence-electron chi connectivity index (χ3n) is 1.13. The molecule has 0 spiro atoms. The molecule has 0 amide bonds. The number of ether oxygens (including phenoxy) is 1. The molecule has 2 heteroatoms. The van der Waals surface area contributed by atoms with E-state index >= 15 is 0 Å². The minimum Gasteiger partial charge on any atom is -0.396 e. The average Bonchev–Trinajstić information content (AvgIpc) is 1.85. The second-order valence-corrected chi connectivity index (χ2v) is 1.97. The fraction of sp³-hybridized carbons (Fsp3) is 0.714. The maximum Gasteiger partial charge on any atom is 0.0499 e. The molecule has 0 aromatic carbocycles. The molecule has 0 rings (SSSR count). The standard InChI is InChI=1S/C7H14O2/c1-7(3-5-8)4-6-9-2/h8H,1,3-6H2,2H3. The largest absolute Gasteiger partial charge is 0.396 e. The highest BCUT2D eigenvalue weighted by Gasteiger charge is 1.90. The number of aliphatic hydroxyl groups is 1. The molecule has 0 saturated heterocycles. The summed E-state index contributed by atoms with van der Waals surface area (Å²) in [7, 11) is 1.66. The van der Waals surface area contributed by atoms with Crippen molar-refractivity contribution in [3.8, 4) is 0 Å². The molecule has 0 unspecified atom stereocenters.